The van der Waals surface area contributed by atoms with Crippen LogP contribution in [0, 0.1) is 22.5 Å². The molecule has 0 spiro atoms. The van der Waals surface area contributed by atoms with Crippen LogP contribution in [0.1, 0.15) is 74.1 Å². The molecule has 14 heteroatoms. The zero-order chi connectivity index (χ0) is 40.5. The van der Waals surface area contributed by atoms with Gasteiger partial charge in [0.1, 0.15) is 23.0 Å². The first kappa shape index (κ1) is 45.0. The van der Waals surface area contributed by atoms with Crippen LogP contribution in [-0.4, -0.2) is 75.7 Å². The average molecular weight is 813 g/mol. The summed E-state index contributed by atoms with van der Waals surface area (Å²) in [7, 11) is 1.36. The van der Waals surface area contributed by atoms with Crippen LogP contribution in [0.25, 0.3) is 44.6 Å². The summed E-state index contributed by atoms with van der Waals surface area (Å²) in [6.07, 6.45) is 4.41. The van der Waals surface area contributed by atoms with Crippen LogP contribution in [0.4, 0.5) is 20.4 Å². The molecule has 0 bridgehead atoms. The molecule has 2 aromatic heterocycles. The van der Waals surface area contributed by atoms with Gasteiger partial charge in [-0.1, -0.05) is 27.7 Å². The van der Waals surface area contributed by atoms with Gasteiger partial charge in [0.2, 0.25) is 0 Å². The topological polar surface area (TPSA) is 152 Å². The van der Waals surface area contributed by atoms with Crippen molar-refractivity contribution >= 4 is 45.6 Å². The van der Waals surface area contributed by atoms with Crippen LogP contribution in [-0.2, 0) is 4.74 Å². The van der Waals surface area contributed by atoms with E-state index < -0.39 is 11.9 Å². The van der Waals surface area contributed by atoms with Crippen molar-refractivity contribution in [1.82, 2.24) is 19.9 Å². The second-order valence-electron chi connectivity index (χ2n) is 16.4. The number of fused-ring (bicyclic) bond motifs is 2. The fourth-order valence-corrected chi connectivity index (χ4v) is 7.72. The van der Waals surface area contributed by atoms with Crippen LogP contribution in [0.2, 0.25) is 0 Å². The molecule has 0 amide bonds. The molecule has 0 saturated carbocycles. The minimum Gasteiger partial charge on any atom is -0.870 e. The fraction of sp³-hybridized carbons (Fsp3) is 0.333. The van der Waals surface area contributed by atoms with Crippen molar-refractivity contribution in [3.8, 4) is 22.5 Å². The number of hydrogen-bond donors (Lipinski definition) is 1. The molecule has 2 aliphatic rings. The molecule has 59 heavy (non-hydrogen) atoms. The number of carbonyl (C=O) groups is 2. The van der Waals surface area contributed by atoms with Crippen molar-refractivity contribution in [2.75, 3.05) is 43.1 Å². The van der Waals surface area contributed by atoms with Gasteiger partial charge in [-0.3, -0.25) is 0 Å². The Morgan fingerprint density at radius 3 is 1.42 bits per heavy atom. The van der Waals surface area contributed by atoms with Crippen LogP contribution in [0.15, 0.2) is 84.9 Å². The zero-order valence-corrected chi connectivity index (χ0v) is 36.3. The van der Waals surface area contributed by atoms with E-state index in [1.165, 1.54) is 37.4 Å². The standard InChI is InChI=1S/C23H24FN3O2.C22H22FN3O2.Na.H2O/c1-23(2)11-4-12-27(14-23)21-20(15-5-8-17(24)9-6-15)25-18-10-7-16(22(28)29-3)13-19(18)26-21;1-22(2)10-3-11-26(13-22)20-19(14-4-7-16(23)8-5-14)24-17-9-6-15(21(27)28)12-18(17)25-20;;/h5-10,13H,4,11-12,14H2,1-3H3;4-9,12H,3,10-11,13H2,1-2H3,(H,27,28);;1H2/q;;+1;/p-1. The molecule has 8 rings (SSSR count). The van der Waals surface area contributed by atoms with E-state index in [-0.39, 0.29) is 63.1 Å². The molecule has 0 atom stereocenters. The molecule has 0 radical (unpaired) electrons. The minimum absolute atomic E-state index is 0. The Hall–Kier alpha value is -5.08. The molecular formula is C45H47F2N6NaO5. The van der Waals surface area contributed by atoms with Gasteiger partial charge in [0, 0.05) is 37.3 Å². The molecule has 0 unspecified atom stereocenters. The van der Waals surface area contributed by atoms with E-state index in [1.54, 1.807) is 54.6 Å². The van der Waals surface area contributed by atoms with Gasteiger partial charge >= 0.3 is 41.5 Å². The molecule has 6 aromatic rings. The number of ether oxygens (including phenoxy) is 1. The summed E-state index contributed by atoms with van der Waals surface area (Å²) in [4.78, 5) is 47.1. The number of benzene rings is 4. The number of aromatic carboxylic acids is 1. The molecule has 0 aliphatic carbocycles. The fourth-order valence-electron chi connectivity index (χ4n) is 7.72. The Kier molecular flexibility index (Phi) is 14.1. The molecule has 302 valence electrons. The van der Waals surface area contributed by atoms with Crippen LogP contribution in [0.5, 0.6) is 0 Å². The largest absolute Gasteiger partial charge is 1.00 e. The second-order valence-corrected chi connectivity index (χ2v) is 16.4. The van der Waals surface area contributed by atoms with E-state index in [9.17, 15) is 23.5 Å². The van der Waals surface area contributed by atoms with E-state index in [2.05, 4.69) is 37.5 Å². The third-order valence-electron chi connectivity index (χ3n) is 10.6. The molecule has 2 aliphatic heterocycles. The average Bonchev–Trinajstić information content (AvgIpc) is 3.19. The SMILES string of the molecule is CC1(C)CCCN(c2nc3cc(C(=O)O)ccc3nc2-c2ccc(F)cc2)C1.COC(=O)c1ccc2nc(-c3ccc(F)cc3)c(N3CCCC(C)(C)C3)nc2c1.[Na+].[OH-]. The summed E-state index contributed by atoms with van der Waals surface area (Å²) in [6.45, 7) is 12.4. The first-order valence-corrected chi connectivity index (χ1v) is 19.2. The number of carboxylic acids is 1. The van der Waals surface area contributed by atoms with Gasteiger partial charge in [-0.15, -0.1) is 0 Å². The normalized spacial score (nSPS) is 15.6. The van der Waals surface area contributed by atoms with E-state index in [0.29, 0.717) is 33.3 Å². The van der Waals surface area contributed by atoms with Crippen molar-refractivity contribution in [3.63, 3.8) is 0 Å². The van der Waals surface area contributed by atoms with Gasteiger partial charge < -0.3 is 25.1 Å². The van der Waals surface area contributed by atoms with E-state index in [1.807, 2.05) is 0 Å². The summed E-state index contributed by atoms with van der Waals surface area (Å²) in [5.74, 6) is -0.507. The number of carboxylic acid groups (broad SMARTS) is 1. The number of aromatic nitrogens is 4. The number of carbonyl (C=O) groups excluding carboxylic acids is 1. The van der Waals surface area contributed by atoms with Crippen molar-refractivity contribution in [2.45, 2.75) is 53.4 Å². The molecule has 4 aromatic carbocycles. The van der Waals surface area contributed by atoms with E-state index in [4.69, 9.17) is 24.7 Å². The van der Waals surface area contributed by atoms with E-state index in [0.717, 1.165) is 80.3 Å². The van der Waals surface area contributed by atoms with Crippen LogP contribution in [0.3, 0.4) is 0 Å². The van der Waals surface area contributed by atoms with Crippen molar-refractivity contribution < 1.29 is 63.2 Å². The molecule has 11 nitrogen and oxygen atoms in total. The Labute approximate surface area is 364 Å². The summed E-state index contributed by atoms with van der Waals surface area (Å²) < 4.78 is 31.7. The maximum atomic E-state index is 13.5. The maximum Gasteiger partial charge on any atom is 1.00 e. The number of hydrogen-bond acceptors (Lipinski definition) is 10. The minimum atomic E-state index is -0.994. The predicted molar refractivity (Wildman–Crippen MR) is 221 cm³/mol. The third kappa shape index (κ3) is 10.4. The summed E-state index contributed by atoms with van der Waals surface area (Å²) in [6, 6.07) is 22.5. The monoisotopic (exact) mass is 812 g/mol. The van der Waals surface area contributed by atoms with Gasteiger partial charge in [-0.05, 0) is 121 Å². The van der Waals surface area contributed by atoms with Crippen molar-refractivity contribution in [3.05, 3.63) is 108 Å². The first-order valence-electron chi connectivity index (χ1n) is 19.2. The zero-order valence-electron chi connectivity index (χ0n) is 34.3. The van der Waals surface area contributed by atoms with Crippen molar-refractivity contribution in [2.24, 2.45) is 10.8 Å². The number of methoxy groups -OCH3 is 1. The summed E-state index contributed by atoms with van der Waals surface area (Å²) >= 11 is 0. The number of nitrogens with zero attached hydrogens (tertiary/aromatic N) is 6. The van der Waals surface area contributed by atoms with Gasteiger partial charge in [0.25, 0.3) is 0 Å². The third-order valence-corrected chi connectivity index (χ3v) is 10.6. The quantitative estimate of drug-likeness (QED) is 0.146. The van der Waals surface area contributed by atoms with Gasteiger partial charge in [-0.2, -0.15) is 0 Å². The van der Waals surface area contributed by atoms with Gasteiger partial charge in [-0.25, -0.2) is 38.3 Å². The van der Waals surface area contributed by atoms with E-state index >= 15 is 0 Å². The molecule has 4 heterocycles. The molecule has 2 saturated heterocycles. The Bertz CT molecular complexity index is 2470. The predicted octanol–water partition coefficient (Wildman–Crippen LogP) is 6.44. The van der Waals surface area contributed by atoms with Gasteiger partial charge in [0.15, 0.2) is 11.6 Å². The van der Waals surface area contributed by atoms with Gasteiger partial charge in [0.05, 0.1) is 40.3 Å². The Morgan fingerprint density at radius 1 is 0.627 bits per heavy atom. The summed E-state index contributed by atoms with van der Waals surface area (Å²) in [5.41, 5.74) is 6.43. The first-order chi connectivity index (χ1) is 27.2. The second kappa shape index (κ2) is 18.5. The number of esters is 1. The number of rotatable bonds is 6. The molecule has 2 fully saturated rings. The molecular weight excluding hydrogens is 766 g/mol. The number of anilines is 2. The Morgan fingerprint density at radius 2 is 1.03 bits per heavy atom. The summed E-state index contributed by atoms with van der Waals surface area (Å²) in [5, 5.41) is 9.30. The molecule has 2 N–H and O–H groups in total. The Balaban J connectivity index is 0.000000217. The van der Waals surface area contributed by atoms with Crippen LogP contribution < -0.4 is 39.4 Å². The maximum absolute atomic E-state index is 13.5. The number of piperidine rings is 2. The van der Waals surface area contributed by atoms with Crippen LogP contribution >= 0.6 is 0 Å². The number of halogens is 2. The smallest absolute Gasteiger partial charge is 0.870 e. The van der Waals surface area contributed by atoms with Crippen molar-refractivity contribution in [1.29, 1.82) is 0 Å².